The first-order valence-corrected chi connectivity index (χ1v) is 16.4. The van der Waals surface area contributed by atoms with Gasteiger partial charge in [0.1, 0.15) is 22.3 Å². The minimum atomic E-state index is 0.0275. The minimum Gasteiger partial charge on any atom is -0.456 e. The fraction of sp³-hybridized carbons (Fsp3) is 0.182. The molecule has 0 fully saturated rings. The van der Waals surface area contributed by atoms with Gasteiger partial charge in [-0.3, -0.25) is 0 Å². The van der Waals surface area contributed by atoms with Gasteiger partial charge < -0.3 is 8.83 Å². The number of fused-ring (bicyclic) bond motifs is 14. The van der Waals surface area contributed by atoms with Crippen molar-refractivity contribution in [2.45, 2.75) is 52.4 Å². The van der Waals surface area contributed by atoms with Crippen LogP contribution >= 0.6 is 0 Å². The normalized spacial score (nSPS) is 13.4. The Morgan fingerprint density at radius 2 is 0.696 bits per heavy atom. The third-order valence-electron chi connectivity index (χ3n) is 10.5. The summed E-state index contributed by atoms with van der Waals surface area (Å²) in [5, 5.41) is 17.4. The maximum atomic E-state index is 6.71. The zero-order chi connectivity index (χ0) is 31.3. The van der Waals surface area contributed by atoms with Crippen LogP contribution in [0.4, 0.5) is 0 Å². The van der Waals surface area contributed by atoms with E-state index in [9.17, 15) is 0 Å². The molecule has 2 aromatic heterocycles. The van der Waals surface area contributed by atoms with Gasteiger partial charge in [0.05, 0.1) is 0 Å². The van der Waals surface area contributed by atoms with Crippen molar-refractivity contribution in [1.82, 2.24) is 0 Å². The molecular weight excluding hydrogens is 560 g/mol. The quantitative estimate of drug-likeness (QED) is 0.129. The molecule has 0 unspecified atom stereocenters. The molecule has 0 radical (unpaired) electrons. The van der Waals surface area contributed by atoms with Crippen molar-refractivity contribution in [2.24, 2.45) is 0 Å². The van der Waals surface area contributed by atoms with E-state index in [0.717, 1.165) is 22.3 Å². The molecule has 0 spiro atoms. The van der Waals surface area contributed by atoms with Crippen LogP contribution < -0.4 is 0 Å². The molecule has 46 heavy (non-hydrogen) atoms. The molecule has 2 heteroatoms. The second-order valence-corrected chi connectivity index (χ2v) is 15.3. The molecule has 10 aromatic rings. The zero-order valence-corrected chi connectivity index (χ0v) is 27.1. The van der Waals surface area contributed by atoms with Gasteiger partial charge in [-0.15, -0.1) is 0 Å². The number of hydrogen-bond acceptors (Lipinski definition) is 2. The van der Waals surface area contributed by atoms with Crippen LogP contribution in [0, 0.1) is 0 Å². The van der Waals surface area contributed by atoms with E-state index in [4.69, 9.17) is 8.83 Å². The van der Waals surface area contributed by atoms with Gasteiger partial charge >= 0.3 is 0 Å². The molecule has 0 saturated heterocycles. The van der Waals surface area contributed by atoms with E-state index >= 15 is 0 Å². The van der Waals surface area contributed by atoms with Crippen molar-refractivity contribution in [3.8, 4) is 0 Å². The fourth-order valence-electron chi connectivity index (χ4n) is 8.17. The molecule has 0 atom stereocenters. The summed E-state index contributed by atoms with van der Waals surface area (Å²) in [6.07, 6.45) is 0. The van der Waals surface area contributed by atoms with Crippen LogP contribution in [0.3, 0.4) is 0 Å². The van der Waals surface area contributed by atoms with E-state index in [1.807, 2.05) is 0 Å². The molecule has 0 aliphatic heterocycles. The molecule has 222 valence electrons. The molecule has 0 aliphatic carbocycles. The highest BCUT2D eigenvalue weighted by Crippen LogP contribution is 2.52. The van der Waals surface area contributed by atoms with Crippen molar-refractivity contribution in [3.05, 3.63) is 108 Å². The average Bonchev–Trinajstić information content (AvgIpc) is 3.59. The highest BCUT2D eigenvalue weighted by Gasteiger charge is 2.26. The highest BCUT2D eigenvalue weighted by molar-refractivity contribution is 6.48. The summed E-state index contributed by atoms with van der Waals surface area (Å²) in [5.74, 6) is 0. The van der Waals surface area contributed by atoms with Crippen molar-refractivity contribution in [3.63, 3.8) is 0 Å². The Morgan fingerprint density at radius 1 is 0.326 bits per heavy atom. The lowest BCUT2D eigenvalue weighted by molar-refractivity contribution is 0.590. The highest BCUT2D eigenvalue weighted by atomic mass is 16.3. The molecule has 2 heterocycles. The Labute approximate surface area is 266 Å². The lowest BCUT2D eigenvalue weighted by Gasteiger charge is -2.20. The third-order valence-corrected chi connectivity index (χ3v) is 10.5. The van der Waals surface area contributed by atoms with Gasteiger partial charge in [-0.1, -0.05) is 102 Å². The molecule has 8 aromatic carbocycles. The smallest absolute Gasteiger partial charge is 0.136 e. The summed E-state index contributed by atoms with van der Waals surface area (Å²) in [6.45, 7) is 13.7. The Bertz CT molecular complexity index is 2710. The van der Waals surface area contributed by atoms with E-state index in [1.54, 1.807) is 0 Å². The van der Waals surface area contributed by atoms with Crippen LogP contribution in [0.25, 0.3) is 97.7 Å². The predicted octanol–water partition coefficient (Wildman–Crippen LogP) is 13.3. The van der Waals surface area contributed by atoms with E-state index in [1.165, 1.54) is 86.5 Å². The summed E-state index contributed by atoms with van der Waals surface area (Å²) in [6, 6.07) is 35.9. The lowest BCUT2D eigenvalue weighted by Crippen LogP contribution is -2.10. The maximum absolute atomic E-state index is 6.71. The first-order valence-electron chi connectivity index (χ1n) is 16.4. The van der Waals surface area contributed by atoms with Crippen molar-refractivity contribution < 1.29 is 8.83 Å². The fourth-order valence-corrected chi connectivity index (χ4v) is 8.17. The number of benzene rings is 8. The van der Waals surface area contributed by atoms with Gasteiger partial charge in [-0.25, -0.2) is 0 Å². The predicted molar refractivity (Wildman–Crippen MR) is 197 cm³/mol. The molecule has 2 nitrogen and oxygen atoms in total. The van der Waals surface area contributed by atoms with Crippen molar-refractivity contribution >= 4 is 97.7 Å². The Hall–Kier alpha value is -5.08. The van der Waals surface area contributed by atoms with Gasteiger partial charge in [-0.05, 0) is 101 Å². The summed E-state index contributed by atoms with van der Waals surface area (Å²) >= 11 is 0. The molecule has 0 bridgehead atoms. The van der Waals surface area contributed by atoms with Gasteiger partial charge in [0.25, 0.3) is 0 Å². The Morgan fingerprint density at radius 3 is 1.09 bits per heavy atom. The van der Waals surface area contributed by atoms with Gasteiger partial charge in [0.15, 0.2) is 0 Å². The van der Waals surface area contributed by atoms with Gasteiger partial charge in [-0.2, -0.15) is 0 Å². The van der Waals surface area contributed by atoms with E-state index in [-0.39, 0.29) is 10.8 Å². The standard InChI is InChI=1S/C44H34O2/c1-43(2,3)23-15-17-33-31(19-23)37-35(45-33)21-29-26-12-8-10-14-28(26)40-38-32-20-24(44(4,5)6)16-18-34(32)46-36(38)22-30-25-11-7-9-13-27(25)39(37)41(29)42(30)40/h7-22H,1-6H3. The van der Waals surface area contributed by atoms with E-state index in [2.05, 4.69) is 139 Å². The van der Waals surface area contributed by atoms with Crippen LogP contribution in [-0.2, 0) is 10.8 Å². The first kappa shape index (κ1) is 26.2. The zero-order valence-electron chi connectivity index (χ0n) is 27.1. The Balaban J connectivity index is 1.55. The average molecular weight is 595 g/mol. The van der Waals surface area contributed by atoms with Gasteiger partial charge in [0.2, 0.25) is 0 Å². The van der Waals surface area contributed by atoms with E-state index < -0.39 is 0 Å². The number of furan rings is 2. The SMILES string of the molecule is CC(C)(C)c1ccc2oc3cc4c5ccccc5c5c6c(cc7c8ccccc8c(c3c2c1)c4c75)oc1ccc(C(C)(C)C)cc16. The summed E-state index contributed by atoms with van der Waals surface area (Å²) < 4.78 is 13.4. The van der Waals surface area contributed by atoms with Crippen LogP contribution in [0.2, 0.25) is 0 Å². The summed E-state index contributed by atoms with van der Waals surface area (Å²) in [7, 11) is 0. The number of hydrogen-bond donors (Lipinski definition) is 0. The van der Waals surface area contributed by atoms with Crippen LogP contribution in [0.15, 0.2) is 106 Å². The minimum absolute atomic E-state index is 0.0275. The second-order valence-electron chi connectivity index (χ2n) is 15.3. The van der Waals surface area contributed by atoms with Gasteiger partial charge in [0, 0.05) is 32.3 Å². The number of rotatable bonds is 0. The molecule has 10 rings (SSSR count). The monoisotopic (exact) mass is 594 g/mol. The van der Waals surface area contributed by atoms with E-state index in [0.29, 0.717) is 0 Å². The molecule has 0 amide bonds. The topological polar surface area (TPSA) is 26.3 Å². The maximum Gasteiger partial charge on any atom is 0.136 e. The molecular formula is C44H34O2. The second kappa shape index (κ2) is 8.39. The van der Waals surface area contributed by atoms with Crippen LogP contribution in [0.5, 0.6) is 0 Å². The van der Waals surface area contributed by atoms with Crippen molar-refractivity contribution in [2.75, 3.05) is 0 Å². The first-order chi connectivity index (χ1) is 22.1. The molecule has 0 saturated carbocycles. The van der Waals surface area contributed by atoms with Crippen molar-refractivity contribution in [1.29, 1.82) is 0 Å². The lowest BCUT2D eigenvalue weighted by atomic mass is 9.82. The summed E-state index contributed by atoms with van der Waals surface area (Å²) in [5.41, 5.74) is 6.42. The molecule has 0 aliphatic rings. The largest absolute Gasteiger partial charge is 0.456 e. The molecule has 0 N–H and O–H groups in total. The Kier molecular flexibility index (Phi) is 4.77. The summed E-state index contributed by atoms with van der Waals surface area (Å²) in [4.78, 5) is 0. The third kappa shape index (κ3) is 3.27. The van der Waals surface area contributed by atoms with Crippen LogP contribution in [0.1, 0.15) is 52.7 Å². The van der Waals surface area contributed by atoms with Crippen LogP contribution in [-0.4, -0.2) is 0 Å².